The molecule has 3 heterocycles. The molecule has 1 aromatic heterocycles. The molecule has 3 aromatic rings. The van der Waals surface area contributed by atoms with Crippen molar-refractivity contribution in [1.82, 2.24) is 9.97 Å². The number of fused-ring (bicyclic) bond motifs is 3. The first-order chi connectivity index (χ1) is 17.7. The molecule has 5 rings (SSSR count). The van der Waals surface area contributed by atoms with Crippen LogP contribution in [0.4, 0.5) is 17.5 Å². The Morgan fingerprint density at radius 1 is 1.24 bits per heavy atom. The molecule has 0 atom stereocenters. The summed E-state index contributed by atoms with van der Waals surface area (Å²) in [6.07, 6.45) is 3.90. The van der Waals surface area contributed by atoms with Crippen molar-refractivity contribution < 1.29 is 4.79 Å². The minimum Gasteiger partial charge on any atom is -0.357 e. The number of aromatic nitrogens is 2. The van der Waals surface area contributed by atoms with Crippen molar-refractivity contribution in [3.8, 4) is 6.07 Å². The quantitative estimate of drug-likeness (QED) is 0.534. The van der Waals surface area contributed by atoms with E-state index in [1.807, 2.05) is 46.1 Å². The number of carbonyl (C=O) groups is 1. The fourth-order valence-electron chi connectivity index (χ4n) is 4.71. The molecule has 2 N–H and O–H groups in total. The molecule has 0 fully saturated rings. The fraction of sp³-hybridized carbons (Fsp3) is 0.250. The minimum absolute atomic E-state index is 0.218. The summed E-state index contributed by atoms with van der Waals surface area (Å²) in [4.78, 5) is 29.2. The van der Waals surface area contributed by atoms with Crippen LogP contribution in [0.5, 0.6) is 0 Å². The van der Waals surface area contributed by atoms with E-state index in [-0.39, 0.29) is 5.91 Å². The molecule has 37 heavy (non-hydrogen) atoms. The van der Waals surface area contributed by atoms with Crippen LogP contribution in [0, 0.1) is 18.3 Å². The molecule has 0 saturated carbocycles. The summed E-state index contributed by atoms with van der Waals surface area (Å²) >= 11 is 0. The lowest BCUT2D eigenvalue weighted by molar-refractivity contribution is 0.102. The van der Waals surface area contributed by atoms with Crippen LogP contribution in [0.1, 0.15) is 46.5 Å². The van der Waals surface area contributed by atoms with Crippen LogP contribution in [-0.4, -0.2) is 49.7 Å². The highest BCUT2D eigenvalue weighted by Crippen LogP contribution is 2.36. The van der Waals surface area contributed by atoms with Gasteiger partial charge in [0.15, 0.2) is 0 Å². The number of hydrogen-bond donors (Lipinski definition) is 2. The number of hydrogen-bond acceptors (Lipinski definition) is 7. The lowest BCUT2D eigenvalue weighted by Gasteiger charge is -2.28. The first kappa shape index (κ1) is 24.3. The van der Waals surface area contributed by atoms with Crippen molar-refractivity contribution in [2.75, 3.05) is 35.7 Å². The maximum absolute atomic E-state index is 13.2. The molecule has 0 radical (unpaired) electrons. The van der Waals surface area contributed by atoms with E-state index >= 15 is 0 Å². The van der Waals surface area contributed by atoms with Gasteiger partial charge in [0.2, 0.25) is 5.95 Å². The Morgan fingerprint density at radius 2 is 2.05 bits per heavy atom. The number of aliphatic imine (C=N–C) groups is 1. The van der Waals surface area contributed by atoms with Crippen LogP contribution in [0.2, 0.25) is 0 Å². The smallest absolute Gasteiger partial charge is 0.255 e. The summed E-state index contributed by atoms with van der Waals surface area (Å²) in [6, 6.07) is 13.6. The van der Waals surface area contributed by atoms with Gasteiger partial charge in [-0.05, 0) is 61.7 Å². The summed E-state index contributed by atoms with van der Waals surface area (Å²) in [5.74, 6) is 2.08. The molecular formula is C28H28BN7O. The maximum atomic E-state index is 13.2. The molecule has 2 aliphatic rings. The maximum Gasteiger partial charge on any atom is 0.255 e. The first-order valence-corrected chi connectivity index (χ1v) is 12.3. The van der Waals surface area contributed by atoms with E-state index in [0.29, 0.717) is 18.1 Å². The molecule has 184 valence electrons. The van der Waals surface area contributed by atoms with Crippen molar-refractivity contribution in [3.63, 3.8) is 0 Å². The number of amides is 1. The van der Waals surface area contributed by atoms with E-state index in [0.717, 1.165) is 57.2 Å². The Hall–Kier alpha value is -4.45. The fourth-order valence-corrected chi connectivity index (χ4v) is 4.71. The molecule has 2 aliphatic heterocycles. The summed E-state index contributed by atoms with van der Waals surface area (Å²) in [6.45, 7) is 7.20. The number of aryl methyl sites for hydroxylation is 1. The van der Waals surface area contributed by atoms with Crippen LogP contribution >= 0.6 is 0 Å². The molecule has 8 nitrogen and oxygen atoms in total. The van der Waals surface area contributed by atoms with Gasteiger partial charge >= 0.3 is 0 Å². The summed E-state index contributed by atoms with van der Waals surface area (Å²) in [5.41, 5.74) is 6.32. The molecule has 0 aliphatic carbocycles. The van der Waals surface area contributed by atoms with E-state index in [4.69, 9.17) is 4.99 Å². The molecule has 0 bridgehead atoms. The largest absolute Gasteiger partial charge is 0.357 e. The van der Waals surface area contributed by atoms with Crippen molar-refractivity contribution in [1.29, 1.82) is 5.26 Å². The van der Waals surface area contributed by atoms with E-state index in [1.165, 1.54) is 0 Å². The zero-order valence-electron chi connectivity index (χ0n) is 21.7. The Kier molecular flexibility index (Phi) is 6.04. The highest BCUT2D eigenvalue weighted by Gasteiger charge is 2.31. The topological polar surface area (TPSA) is 106 Å². The van der Waals surface area contributed by atoms with Gasteiger partial charge in [-0.15, -0.1) is 0 Å². The molecule has 2 aromatic carbocycles. The molecule has 0 spiro atoms. The third kappa shape index (κ3) is 4.36. The SMILES string of the molecule is Bc1cc(C)c(C2=Cc3cnc(NC)nc3N3CCN=C23)cc1NC(=O)c1cccc(C(C)(C)C#N)c1. The van der Waals surface area contributed by atoms with Gasteiger partial charge in [0, 0.05) is 42.2 Å². The lowest BCUT2D eigenvalue weighted by Crippen LogP contribution is -2.32. The second-order valence-electron chi connectivity index (χ2n) is 9.89. The Labute approximate surface area is 217 Å². The highest BCUT2D eigenvalue weighted by molar-refractivity contribution is 6.39. The van der Waals surface area contributed by atoms with Gasteiger partial charge < -0.3 is 15.5 Å². The lowest BCUT2D eigenvalue weighted by atomic mass is 9.85. The van der Waals surface area contributed by atoms with Crippen molar-refractivity contribution in [2.24, 2.45) is 4.99 Å². The molecule has 1 amide bonds. The van der Waals surface area contributed by atoms with E-state index in [2.05, 4.69) is 50.6 Å². The monoisotopic (exact) mass is 489 g/mol. The standard InChI is InChI=1S/C28H28BN7O/c1-16-10-22(29)23(34-26(37)17-6-5-7-19(11-17)28(2,3)15-30)13-20(16)21-12-18-14-33-27(31-4)35-24(18)36-9-8-32-25(21)36/h5-7,10-14H,8-9,29H2,1-4H3,(H,34,37)(H,31,33,35). The van der Waals surface area contributed by atoms with Gasteiger partial charge in [0.25, 0.3) is 5.91 Å². The zero-order valence-corrected chi connectivity index (χ0v) is 21.7. The molecular weight excluding hydrogens is 461 g/mol. The number of benzene rings is 2. The van der Waals surface area contributed by atoms with E-state index < -0.39 is 5.41 Å². The third-order valence-electron chi connectivity index (χ3n) is 6.89. The number of amidine groups is 1. The number of carbonyl (C=O) groups excluding carboxylic acids is 1. The van der Waals surface area contributed by atoms with Gasteiger partial charge in [0.05, 0.1) is 18.0 Å². The second-order valence-corrected chi connectivity index (χ2v) is 9.89. The van der Waals surface area contributed by atoms with E-state index in [9.17, 15) is 10.1 Å². The summed E-state index contributed by atoms with van der Waals surface area (Å²) in [7, 11) is 3.79. The van der Waals surface area contributed by atoms with Gasteiger partial charge in [-0.25, -0.2) is 4.98 Å². The van der Waals surface area contributed by atoms with Gasteiger partial charge in [0.1, 0.15) is 19.5 Å². The number of nitrogens with zero attached hydrogens (tertiary/aromatic N) is 5. The first-order valence-electron chi connectivity index (χ1n) is 12.3. The van der Waals surface area contributed by atoms with Crippen molar-refractivity contribution in [3.05, 3.63) is 70.4 Å². The van der Waals surface area contributed by atoms with Crippen LogP contribution in [0.15, 0.2) is 47.6 Å². The van der Waals surface area contributed by atoms with Crippen LogP contribution in [-0.2, 0) is 5.41 Å². The van der Waals surface area contributed by atoms with Gasteiger partial charge in [-0.1, -0.05) is 23.7 Å². The number of anilines is 3. The number of nitriles is 1. The number of nitrogens with one attached hydrogen (secondary N) is 2. The highest BCUT2D eigenvalue weighted by atomic mass is 16.1. The Morgan fingerprint density at radius 3 is 2.81 bits per heavy atom. The van der Waals surface area contributed by atoms with Gasteiger partial charge in [-0.2, -0.15) is 10.2 Å². The normalized spacial score (nSPS) is 14.2. The van der Waals surface area contributed by atoms with Gasteiger partial charge in [-0.3, -0.25) is 9.79 Å². The summed E-state index contributed by atoms with van der Waals surface area (Å²) < 4.78 is 0. The van der Waals surface area contributed by atoms with Crippen LogP contribution in [0.3, 0.4) is 0 Å². The predicted octanol–water partition coefficient (Wildman–Crippen LogP) is 2.91. The summed E-state index contributed by atoms with van der Waals surface area (Å²) in [5, 5.41) is 15.6. The molecule has 9 heteroatoms. The average Bonchev–Trinajstić information content (AvgIpc) is 3.40. The minimum atomic E-state index is -0.682. The predicted molar refractivity (Wildman–Crippen MR) is 151 cm³/mol. The van der Waals surface area contributed by atoms with Crippen molar-refractivity contribution in [2.45, 2.75) is 26.2 Å². The zero-order chi connectivity index (χ0) is 26.3. The van der Waals surface area contributed by atoms with Crippen LogP contribution in [0.25, 0.3) is 11.6 Å². The third-order valence-corrected chi connectivity index (χ3v) is 6.89. The van der Waals surface area contributed by atoms with E-state index in [1.54, 1.807) is 19.2 Å². The molecule has 0 unspecified atom stereocenters. The average molecular weight is 489 g/mol. The van der Waals surface area contributed by atoms with Crippen LogP contribution < -0.4 is 21.0 Å². The molecule has 0 saturated heterocycles. The second kappa shape index (κ2) is 9.21. The van der Waals surface area contributed by atoms with Crippen molar-refractivity contribution >= 4 is 54.2 Å². The Balaban J connectivity index is 1.52. The number of rotatable bonds is 5. The Bertz CT molecular complexity index is 1530.